The van der Waals surface area contributed by atoms with Crippen molar-refractivity contribution in [3.05, 3.63) is 12.7 Å². The number of rotatable bonds is 14. The van der Waals surface area contributed by atoms with Gasteiger partial charge in [0.05, 0.1) is 6.61 Å². The van der Waals surface area contributed by atoms with Crippen molar-refractivity contribution >= 4 is 15.3 Å². The van der Waals surface area contributed by atoms with Crippen LogP contribution in [0.15, 0.2) is 12.7 Å². The van der Waals surface area contributed by atoms with Crippen LogP contribution in [0.1, 0.15) is 52.4 Å². The molecule has 20 heavy (non-hydrogen) atoms. The molecule has 0 bridgehead atoms. The van der Waals surface area contributed by atoms with Gasteiger partial charge in [0.25, 0.3) is 0 Å². The van der Waals surface area contributed by atoms with Gasteiger partial charge in [0, 0.05) is 19.3 Å². The molecule has 0 N–H and O–H groups in total. The second kappa shape index (κ2) is 14.7. The normalized spacial score (nSPS) is 10.8. The summed E-state index contributed by atoms with van der Waals surface area (Å²) >= 11 is 0. The van der Waals surface area contributed by atoms with Crippen molar-refractivity contribution in [1.82, 2.24) is 0 Å². The van der Waals surface area contributed by atoms with Gasteiger partial charge in [-0.15, -0.1) is 0 Å². The Morgan fingerprint density at radius 1 is 1.00 bits per heavy atom. The fourth-order valence-corrected chi connectivity index (χ4v) is 3.10. The van der Waals surface area contributed by atoms with Gasteiger partial charge in [0.15, 0.2) is 0 Å². The van der Waals surface area contributed by atoms with Crippen molar-refractivity contribution < 1.29 is 18.4 Å². The van der Waals surface area contributed by atoms with Crippen LogP contribution in [0.25, 0.3) is 0 Å². The smallest absolute Gasteiger partial charge is 0.384 e. The molecule has 0 aromatic rings. The first-order valence-corrected chi connectivity index (χ1v) is 9.17. The monoisotopic (exact) mass is 301 g/mol. The molecule has 5 heteroatoms. The van der Waals surface area contributed by atoms with Crippen LogP contribution in [0, 0.1) is 0 Å². The van der Waals surface area contributed by atoms with Crippen LogP contribution in [-0.2, 0) is 18.4 Å². The van der Waals surface area contributed by atoms with Gasteiger partial charge >= 0.3 is 15.3 Å². The maximum Gasteiger partial charge on any atom is 0.384 e. The highest BCUT2D eigenvalue weighted by Gasteiger charge is 2.15. The molecule has 0 amide bonds. The standard InChI is InChI=1S/C15H29O4Si/c1-4-7-12-18-20(19-13-8-5-2)14-10-9-11-17-15(16)6-3/h6H,3-5,7-14H2,1-2H3. The summed E-state index contributed by atoms with van der Waals surface area (Å²) in [5, 5.41) is 0. The van der Waals surface area contributed by atoms with E-state index in [9.17, 15) is 4.79 Å². The van der Waals surface area contributed by atoms with Crippen LogP contribution in [0.3, 0.4) is 0 Å². The molecule has 0 rings (SSSR count). The summed E-state index contributed by atoms with van der Waals surface area (Å²) in [7, 11) is -1.16. The molecular weight excluding hydrogens is 272 g/mol. The van der Waals surface area contributed by atoms with Crippen LogP contribution >= 0.6 is 0 Å². The van der Waals surface area contributed by atoms with E-state index in [4.69, 9.17) is 13.6 Å². The van der Waals surface area contributed by atoms with Crippen LogP contribution in [0.5, 0.6) is 0 Å². The summed E-state index contributed by atoms with van der Waals surface area (Å²) in [5.74, 6) is -0.353. The van der Waals surface area contributed by atoms with Crippen molar-refractivity contribution in [2.45, 2.75) is 58.4 Å². The molecule has 117 valence electrons. The molecule has 4 nitrogen and oxygen atoms in total. The van der Waals surface area contributed by atoms with E-state index in [0.29, 0.717) is 6.61 Å². The van der Waals surface area contributed by atoms with E-state index in [1.165, 1.54) is 6.08 Å². The van der Waals surface area contributed by atoms with E-state index in [0.717, 1.165) is 57.8 Å². The molecule has 0 heterocycles. The highest BCUT2D eigenvalue weighted by molar-refractivity contribution is 6.44. The quantitative estimate of drug-likeness (QED) is 0.213. The number of carbonyl (C=O) groups is 1. The van der Waals surface area contributed by atoms with E-state index in [2.05, 4.69) is 20.4 Å². The first kappa shape index (κ1) is 19.3. The lowest BCUT2D eigenvalue weighted by molar-refractivity contribution is -0.137. The lowest BCUT2D eigenvalue weighted by Gasteiger charge is -2.15. The molecule has 0 unspecified atom stereocenters. The Morgan fingerprint density at radius 2 is 1.60 bits per heavy atom. The SMILES string of the molecule is C=CC(=O)OCCCC[Si](OCCCC)OCCCC. The van der Waals surface area contributed by atoms with Gasteiger partial charge < -0.3 is 13.6 Å². The third-order valence-electron chi connectivity index (χ3n) is 2.71. The summed E-state index contributed by atoms with van der Waals surface area (Å²) in [6, 6.07) is 0.948. The number of unbranched alkanes of at least 4 members (excludes halogenated alkanes) is 3. The molecule has 0 saturated carbocycles. The number of hydrogen-bond acceptors (Lipinski definition) is 4. The van der Waals surface area contributed by atoms with Crippen molar-refractivity contribution in [1.29, 1.82) is 0 Å². The zero-order valence-electron chi connectivity index (χ0n) is 13.0. The Bertz CT molecular complexity index is 236. The Morgan fingerprint density at radius 3 is 2.10 bits per heavy atom. The molecule has 0 aliphatic carbocycles. The van der Waals surface area contributed by atoms with E-state index in [-0.39, 0.29) is 5.97 Å². The molecule has 1 radical (unpaired) electrons. The predicted octanol–water partition coefficient (Wildman–Crippen LogP) is 3.62. The maximum absolute atomic E-state index is 10.9. The number of carbonyl (C=O) groups excluding carboxylic acids is 1. The zero-order valence-corrected chi connectivity index (χ0v) is 14.0. The summed E-state index contributed by atoms with van der Waals surface area (Å²) in [4.78, 5) is 10.9. The molecule has 0 aliphatic heterocycles. The fourth-order valence-electron chi connectivity index (χ4n) is 1.45. The van der Waals surface area contributed by atoms with Crippen LogP contribution in [0.4, 0.5) is 0 Å². The van der Waals surface area contributed by atoms with Crippen molar-refractivity contribution in [3.8, 4) is 0 Å². The lowest BCUT2D eigenvalue weighted by Crippen LogP contribution is -2.24. The van der Waals surface area contributed by atoms with E-state index < -0.39 is 9.28 Å². The van der Waals surface area contributed by atoms with Crippen LogP contribution in [-0.4, -0.2) is 35.1 Å². The number of hydrogen-bond donors (Lipinski definition) is 0. The van der Waals surface area contributed by atoms with Crippen molar-refractivity contribution in [2.75, 3.05) is 19.8 Å². The Hall–Kier alpha value is -0.653. The second-order valence-electron chi connectivity index (χ2n) is 4.60. The Labute approximate surface area is 125 Å². The topological polar surface area (TPSA) is 44.8 Å². The molecule has 0 spiro atoms. The number of ether oxygens (including phenoxy) is 1. The van der Waals surface area contributed by atoms with Gasteiger partial charge in [0.2, 0.25) is 0 Å². The fraction of sp³-hybridized carbons (Fsp3) is 0.800. The van der Waals surface area contributed by atoms with E-state index in [1.807, 2.05) is 0 Å². The first-order chi connectivity index (χ1) is 9.74. The van der Waals surface area contributed by atoms with Crippen LogP contribution in [0.2, 0.25) is 6.04 Å². The molecule has 0 saturated heterocycles. The minimum absolute atomic E-state index is 0.353. The van der Waals surface area contributed by atoms with Crippen LogP contribution < -0.4 is 0 Å². The minimum atomic E-state index is -1.16. The molecule has 0 aliphatic rings. The first-order valence-electron chi connectivity index (χ1n) is 7.65. The van der Waals surface area contributed by atoms with Gasteiger partial charge in [-0.3, -0.25) is 0 Å². The average Bonchev–Trinajstić information content (AvgIpc) is 2.46. The largest absolute Gasteiger partial charge is 0.463 e. The van der Waals surface area contributed by atoms with Crippen molar-refractivity contribution in [3.63, 3.8) is 0 Å². The summed E-state index contributed by atoms with van der Waals surface area (Å²) in [6.07, 6.45) is 7.46. The summed E-state index contributed by atoms with van der Waals surface area (Å²) < 4.78 is 16.6. The number of esters is 1. The molecule has 0 fully saturated rings. The molecule has 0 aromatic heterocycles. The zero-order chi connectivity index (χ0) is 15.1. The molecule has 0 atom stereocenters. The minimum Gasteiger partial charge on any atom is -0.463 e. The lowest BCUT2D eigenvalue weighted by atomic mass is 10.4. The van der Waals surface area contributed by atoms with Gasteiger partial charge in [0.1, 0.15) is 0 Å². The van der Waals surface area contributed by atoms with Gasteiger partial charge in [-0.05, 0) is 31.7 Å². The maximum atomic E-state index is 10.9. The van der Waals surface area contributed by atoms with Gasteiger partial charge in [-0.2, -0.15) is 0 Å². The predicted molar refractivity (Wildman–Crippen MR) is 82.7 cm³/mol. The third-order valence-corrected chi connectivity index (χ3v) is 4.52. The Balaban J connectivity index is 3.71. The molecular formula is C15H29O4Si. The van der Waals surface area contributed by atoms with Gasteiger partial charge in [-0.1, -0.05) is 33.3 Å². The van der Waals surface area contributed by atoms with Crippen molar-refractivity contribution in [2.24, 2.45) is 0 Å². The third kappa shape index (κ3) is 12.4. The van der Waals surface area contributed by atoms with Gasteiger partial charge in [-0.25, -0.2) is 4.79 Å². The van der Waals surface area contributed by atoms with E-state index in [1.54, 1.807) is 0 Å². The van der Waals surface area contributed by atoms with E-state index >= 15 is 0 Å². The second-order valence-corrected chi connectivity index (χ2v) is 6.43. The summed E-state index contributed by atoms with van der Waals surface area (Å²) in [5.41, 5.74) is 0. The average molecular weight is 301 g/mol. The highest BCUT2D eigenvalue weighted by Crippen LogP contribution is 2.07. The summed E-state index contributed by atoms with van der Waals surface area (Å²) in [6.45, 7) is 9.71. The highest BCUT2D eigenvalue weighted by atomic mass is 28.3. The molecule has 0 aromatic carbocycles. The Kier molecular flexibility index (Phi) is 14.3.